The molecule has 3 aromatic rings. The van der Waals surface area contributed by atoms with E-state index in [0.717, 1.165) is 19.6 Å². The molecule has 1 N–H and O–H groups in total. The van der Waals surface area contributed by atoms with E-state index in [2.05, 4.69) is 95.1 Å². The second kappa shape index (κ2) is 6.90. The first-order valence-corrected chi connectivity index (χ1v) is 8.55. The minimum absolute atomic E-state index is 0.335. The molecule has 1 aliphatic heterocycles. The molecule has 2 heteroatoms. The first kappa shape index (κ1) is 15.0. The maximum absolute atomic E-state index is 3.73. The Labute approximate surface area is 143 Å². The summed E-state index contributed by atoms with van der Waals surface area (Å²) in [6, 6.07) is 30.6. The predicted molar refractivity (Wildman–Crippen MR) is 100.0 cm³/mol. The molecule has 0 amide bonds. The highest BCUT2D eigenvalue weighted by Crippen LogP contribution is 2.29. The summed E-state index contributed by atoms with van der Waals surface area (Å²) in [4.78, 5) is 2.50. The Morgan fingerprint density at radius 3 is 2.25 bits per heavy atom. The Bertz CT molecular complexity index is 783. The van der Waals surface area contributed by atoms with Gasteiger partial charge in [-0.1, -0.05) is 78.9 Å². The molecule has 0 fully saturated rings. The molecular formula is C22H22N2. The van der Waals surface area contributed by atoms with Gasteiger partial charge in [-0.2, -0.15) is 0 Å². The number of hydrogen-bond donors (Lipinski definition) is 1. The number of fused-ring (bicyclic) bond motifs is 1. The Kier molecular flexibility index (Phi) is 4.30. The number of rotatable bonds is 3. The van der Waals surface area contributed by atoms with Crippen molar-refractivity contribution in [2.24, 2.45) is 0 Å². The predicted octanol–water partition coefficient (Wildman–Crippen LogP) is 4.54. The lowest BCUT2D eigenvalue weighted by Gasteiger charge is -2.28. The maximum Gasteiger partial charge on any atom is 0.0501 e. The molecule has 1 unspecified atom stereocenters. The van der Waals surface area contributed by atoms with Crippen molar-refractivity contribution in [2.75, 3.05) is 11.4 Å². The molecule has 0 radical (unpaired) electrons. The fraction of sp³-hybridized carbons (Fsp3) is 0.182. The number of anilines is 1. The zero-order valence-electron chi connectivity index (χ0n) is 13.7. The van der Waals surface area contributed by atoms with Crippen LogP contribution in [0, 0.1) is 0 Å². The van der Waals surface area contributed by atoms with Crippen molar-refractivity contribution in [2.45, 2.75) is 19.1 Å². The first-order chi connectivity index (χ1) is 11.9. The summed E-state index contributed by atoms with van der Waals surface area (Å²) in [5.74, 6) is 0. The van der Waals surface area contributed by atoms with Crippen LogP contribution in [0.15, 0.2) is 84.9 Å². The molecule has 0 saturated heterocycles. The molecule has 0 saturated carbocycles. The van der Waals surface area contributed by atoms with Crippen molar-refractivity contribution in [1.29, 1.82) is 0 Å². The summed E-state index contributed by atoms with van der Waals surface area (Å²) in [5.41, 5.74) is 5.41. The monoisotopic (exact) mass is 314 g/mol. The normalized spacial score (nSPS) is 17.2. The number of nitrogens with zero attached hydrogens (tertiary/aromatic N) is 1. The lowest BCUT2D eigenvalue weighted by molar-refractivity contribution is 0.538. The average molecular weight is 314 g/mol. The van der Waals surface area contributed by atoms with Gasteiger partial charge in [-0.25, -0.2) is 0 Å². The van der Waals surface area contributed by atoms with Crippen molar-refractivity contribution in [3.8, 4) is 0 Å². The van der Waals surface area contributed by atoms with Gasteiger partial charge in [0.05, 0.1) is 6.04 Å². The van der Waals surface area contributed by atoms with Crippen LogP contribution in [0.4, 0.5) is 5.69 Å². The largest absolute Gasteiger partial charge is 0.365 e. The first-order valence-electron chi connectivity index (χ1n) is 8.55. The summed E-state index contributed by atoms with van der Waals surface area (Å²) in [6.45, 7) is 2.81. The zero-order chi connectivity index (χ0) is 16.2. The van der Waals surface area contributed by atoms with E-state index in [1.165, 1.54) is 22.4 Å². The molecule has 1 heterocycles. The van der Waals surface area contributed by atoms with Gasteiger partial charge in [0.2, 0.25) is 0 Å². The zero-order valence-corrected chi connectivity index (χ0v) is 13.7. The van der Waals surface area contributed by atoms with Gasteiger partial charge in [-0.3, -0.25) is 0 Å². The van der Waals surface area contributed by atoms with E-state index in [1.54, 1.807) is 0 Å². The maximum atomic E-state index is 3.73. The standard InChI is InChI=1S/C22H22N2/c1-3-9-18(10-4-1)16-24-17-21(19-11-5-2-6-12-19)23-15-20-13-7-8-14-22(20)24/h1-14,21,23H,15-17H2. The minimum atomic E-state index is 0.335. The Morgan fingerprint density at radius 1 is 0.792 bits per heavy atom. The van der Waals surface area contributed by atoms with Crippen molar-refractivity contribution < 1.29 is 0 Å². The van der Waals surface area contributed by atoms with Crippen LogP contribution in [0.1, 0.15) is 22.7 Å². The van der Waals surface area contributed by atoms with E-state index in [9.17, 15) is 0 Å². The van der Waals surface area contributed by atoms with Gasteiger partial charge < -0.3 is 10.2 Å². The van der Waals surface area contributed by atoms with Crippen LogP contribution in [0.2, 0.25) is 0 Å². The van der Waals surface area contributed by atoms with E-state index in [-0.39, 0.29) is 0 Å². The van der Waals surface area contributed by atoms with Crippen LogP contribution in [-0.4, -0.2) is 6.54 Å². The Hall–Kier alpha value is -2.58. The highest BCUT2D eigenvalue weighted by molar-refractivity contribution is 5.55. The smallest absolute Gasteiger partial charge is 0.0501 e. The van der Waals surface area contributed by atoms with Gasteiger partial charge in [0.1, 0.15) is 0 Å². The third kappa shape index (κ3) is 3.19. The molecule has 24 heavy (non-hydrogen) atoms. The summed E-state index contributed by atoms with van der Waals surface area (Å²) < 4.78 is 0. The van der Waals surface area contributed by atoms with Crippen LogP contribution in [-0.2, 0) is 13.1 Å². The SMILES string of the molecule is c1ccc(CN2CC(c3ccccc3)NCc3ccccc32)cc1. The van der Waals surface area contributed by atoms with E-state index >= 15 is 0 Å². The van der Waals surface area contributed by atoms with Crippen molar-refractivity contribution in [3.63, 3.8) is 0 Å². The lowest BCUT2D eigenvalue weighted by atomic mass is 10.1. The van der Waals surface area contributed by atoms with E-state index in [4.69, 9.17) is 0 Å². The molecule has 0 spiro atoms. The molecule has 1 aliphatic rings. The minimum Gasteiger partial charge on any atom is -0.365 e. The average Bonchev–Trinajstić information content (AvgIpc) is 2.83. The summed E-state index contributed by atoms with van der Waals surface area (Å²) >= 11 is 0. The molecule has 4 rings (SSSR count). The second-order valence-electron chi connectivity index (χ2n) is 6.34. The molecular weight excluding hydrogens is 292 g/mol. The topological polar surface area (TPSA) is 15.3 Å². The quantitative estimate of drug-likeness (QED) is 0.763. The molecule has 1 atom stereocenters. The highest BCUT2D eigenvalue weighted by atomic mass is 15.2. The molecule has 3 aromatic carbocycles. The van der Waals surface area contributed by atoms with Gasteiger partial charge >= 0.3 is 0 Å². The van der Waals surface area contributed by atoms with Gasteiger partial charge in [-0.15, -0.1) is 0 Å². The number of para-hydroxylation sites is 1. The van der Waals surface area contributed by atoms with Crippen LogP contribution in [0.5, 0.6) is 0 Å². The van der Waals surface area contributed by atoms with E-state index in [0.29, 0.717) is 6.04 Å². The number of benzene rings is 3. The summed E-state index contributed by atoms with van der Waals surface area (Å²) in [5, 5.41) is 3.73. The van der Waals surface area contributed by atoms with E-state index in [1.807, 2.05) is 0 Å². The van der Waals surface area contributed by atoms with Crippen LogP contribution in [0.3, 0.4) is 0 Å². The fourth-order valence-corrected chi connectivity index (χ4v) is 3.45. The second-order valence-corrected chi connectivity index (χ2v) is 6.34. The van der Waals surface area contributed by atoms with Crippen molar-refractivity contribution in [3.05, 3.63) is 102 Å². The molecule has 2 nitrogen and oxygen atoms in total. The lowest BCUT2D eigenvalue weighted by Crippen LogP contribution is -2.31. The molecule has 0 aliphatic carbocycles. The van der Waals surface area contributed by atoms with E-state index < -0.39 is 0 Å². The van der Waals surface area contributed by atoms with Crippen molar-refractivity contribution >= 4 is 5.69 Å². The van der Waals surface area contributed by atoms with Gasteiger partial charge in [0, 0.05) is 25.3 Å². The number of nitrogens with one attached hydrogen (secondary N) is 1. The molecule has 0 bridgehead atoms. The van der Waals surface area contributed by atoms with Gasteiger partial charge in [0.15, 0.2) is 0 Å². The summed E-state index contributed by atoms with van der Waals surface area (Å²) in [6.07, 6.45) is 0. The third-order valence-corrected chi connectivity index (χ3v) is 4.69. The fourth-order valence-electron chi connectivity index (χ4n) is 3.45. The number of hydrogen-bond acceptors (Lipinski definition) is 2. The van der Waals surface area contributed by atoms with Crippen LogP contribution >= 0.6 is 0 Å². The molecule has 0 aromatic heterocycles. The van der Waals surface area contributed by atoms with Gasteiger partial charge in [-0.05, 0) is 22.8 Å². The van der Waals surface area contributed by atoms with Crippen LogP contribution in [0.25, 0.3) is 0 Å². The Balaban J connectivity index is 1.67. The third-order valence-electron chi connectivity index (χ3n) is 4.69. The highest BCUT2D eigenvalue weighted by Gasteiger charge is 2.22. The molecule has 120 valence electrons. The summed E-state index contributed by atoms with van der Waals surface area (Å²) in [7, 11) is 0. The van der Waals surface area contributed by atoms with Crippen LogP contribution < -0.4 is 10.2 Å². The van der Waals surface area contributed by atoms with Gasteiger partial charge in [0.25, 0.3) is 0 Å². The van der Waals surface area contributed by atoms with Crippen molar-refractivity contribution in [1.82, 2.24) is 5.32 Å². The Morgan fingerprint density at radius 2 is 1.46 bits per heavy atom.